The van der Waals surface area contributed by atoms with E-state index in [1.807, 2.05) is 0 Å². The van der Waals surface area contributed by atoms with Gasteiger partial charge in [0.15, 0.2) is 0 Å². The standard InChI is InChI=1S/C26H35F3N4O5/c1-3-25(2)24(38)31-19(15-16-9-11-17(12-10-16)26(27,28)29)23(37)33-13-6-8-20(33)22(36)30-18(21(35)32-25)7-4-5-14-34/h9-12,18-20,34H,3-8,13-15H2,1-2H3,(H,30,36)(H,31,38)(H,32,35)/t18-,19?,20+,25-/m0/s1. The first-order valence-corrected chi connectivity index (χ1v) is 12.9. The molecule has 0 aromatic heterocycles. The molecule has 210 valence electrons. The van der Waals surface area contributed by atoms with Crippen molar-refractivity contribution in [2.45, 2.75) is 88.6 Å². The van der Waals surface area contributed by atoms with Crippen LogP contribution in [0.3, 0.4) is 0 Å². The zero-order valence-corrected chi connectivity index (χ0v) is 21.6. The Labute approximate surface area is 219 Å². The highest BCUT2D eigenvalue weighted by atomic mass is 19.4. The number of aliphatic hydroxyl groups is 1. The van der Waals surface area contributed by atoms with Gasteiger partial charge in [-0.2, -0.15) is 13.2 Å². The summed E-state index contributed by atoms with van der Waals surface area (Å²) in [6.45, 7) is 3.40. The van der Waals surface area contributed by atoms with Crippen molar-refractivity contribution in [2.75, 3.05) is 13.2 Å². The molecule has 0 aliphatic carbocycles. The SMILES string of the molecule is CC[C@]1(C)NC(=O)[C@H](CCCCO)NC(=O)[C@H]2CCCN2C(=O)C(Cc2ccc(C(F)(F)F)cc2)NC1=O. The predicted octanol–water partition coefficient (Wildman–Crippen LogP) is 1.67. The molecule has 1 unspecified atom stereocenters. The number of hydrogen-bond donors (Lipinski definition) is 4. The summed E-state index contributed by atoms with van der Waals surface area (Å²) < 4.78 is 39.0. The van der Waals surface area contributed by atoms with Crippen LogP contribution in [0.25, 0.3) is 0 Å². The van der Waals surface area contributed by atoms with Crippen molar-refractivity contribution in [3.63, 3.8) is 0 Å². The molecule has 12 heteroatoms. The molecule has 0 bridgehead atoms. The van der Waals surface area contributed by atoms with Gasteiger partial charge in [0.2, 0.25) is 23.6 Å². The summed E-state index contributed by atoms with van der Waals surface area (Å²) in [6.07, 6.45) is -2.37. The van der Waals surface area contributed by atoms with Crippen LogP contribution in [0.2, 0.25) is 0 Å². The number of fused-ring (bicyclic) bond motifs is 1. The average Bonchev–Trinajstić information content (AvgIpc) is 3.36. The lowest BCUT2D eigenvalue weighted by atomic mass is 9.94. The molecular formula is C26H35F3N4O5. The van der Waals surface area contributed by atoms with Gasteiger partial charge in [-0.05, 0) is 63.1 Å². The molecular weight excluding hydrogens is 505 g/mol. The highest BCUT2D eigenvalue weighted by Gasteiger charge is 2.43. The van der Waals surface area contributed by atoms with Gasteiger partial charge in [-0.25, -0.2) is 0 Å². The van der Waals surface area contributed by atoms with E-state index in [2.05, 4.69) is 16.0 Å². The normalized spacial score (nSPS) is 27.1. The van der Waals surface area contributed by atoms with E-state index in [9.17, 15) is 32.3 Å². The first kappa shape index (κ1) is 29.4. The van der Waals surface area contributed by atoms with Crippen LogP contribution in [0.15, 0.2) is 24.3 Å². The number of nitrogens with zero attached hydrogens (tertiary/aromatic N) is 1. The molecule has 2 fully saturated rings. The van der Waals surface area contributed by atoms with Crippen molar-refractivity contribution in [1.82, 2.24) is 20.9 Å². The Morgan fingerprint density at radius 3 is 2.32 bits per heavy atom. The smallest absolute Gasteiger partial charge is 0.396 e. The van der Waals surface area contributed by atoms with Crippen LogP contribution in [0.5, 0.6) is 0 Å². The molecule has 4 atom stereocenters. The van der Waals surface area contributed by atoms with Gasteiger partial charge in [0.25, 0.3) is 0 Å². The minimum Gasteiger partial charge on any atom is -0.396 e. The van der Waals surface area contributed by atoms with Gasteiger partial charge in [-0.3, -0.25) is 19.2 Å². The molecule has 2 aliphatic heterocycles. The fourth-order valence-corrected chi connectivity index (χ4v) is 4.75. The molecule has 0 saturated carbocycles. The Kier molecular flexibility index (Phi) is 9.40. The molecule has 2 aliphatic rings. The number of benzene rings is 1. The van der Waals surface area contributed by atoms with Crippen LogP contribution in [0.1, 0.15) is 63.5 Å². The molecule has 38 heavy (non-hydrogen) atoms. The van der Waals surface area contributed by atoms with E-state index in [0.717, 1.165) is 12.1 Å². The van der Waals surface area contributed by atoms with Gasteiger partial charge in [0.05, 0.1) is 5.56 Å². The van der Waals surface area contributed by atoms with E-state index < -0.39 is 59.0 Å². The number of rotatable bonds is 7. The van der Waals surface area contributed by atoms with Gasteiger partial charge in [0.1, 0.15) is 23.7 Å². The number of carbonyl (C=O) groups excluding carboxylic acids is 4. The number of amides is 4. The minimum absolute atomic E-state index is 0.0669. The summed E-state index contributed by atoms with van der Waals surface area (Å²) in [7, 11) is 0. The van der Waals surface area contributed by atoms with Crippen LogP contribution in [-0.2, 0) is 31.8 Å². The monoisotopic (exact) mass is 540 g/mol. The highest BCUT2D eigenvalue weighted by Crippen LogP contribution is 2.29. The summed E-state index contributed by atoms with van der Waals surface area (Å²) in [5, 5.41) is 17.3. The fraction of sp³-hybridized carbons (Fsp3) is 0.615. The number of aliphatic hydroxyl groups excluding tert-OH is 1. The Hall–Kier alpha value is -3.15. The van der Waals surface area contributed by atoms with E-state index >= 15 is 0 Å². The van der Waals surface area contributed by atoms with E-state index in [1.54, 1.807) is 6.92 Å². The lowest BCUT2D eigenvalue weighted by Gasteiger charge is -2.36. The Morgan fingerprint density at radius 2 is 1.71 bits per heavy atom. The van der Waals surface area contributed by atoms with Crippen LogP contribution >= 0.6 is 0 Å². The zero-order valence-electron chi connectivity index (χ0n) is 21.6. The number of unbranched alkanes of at least 4 members (excludes halogenated alkanes) is 1. The zero-order chi connectivity index (χ0) is 28.1. The Bertz CT molecular complexity index is 1030. The molecule has 3 rings (SSSR count). The quantitative estimate of drug-likeness (QED) is 0.392. The van der Waals surface area contributed by atoms with Crippen LogP contribution in [0.4, 0.5) is 13.2 Å². The average molecular weight is 541 g/mol. The van der Waals surface area contributed by atoms with Crippen molar-refractivity contribution in [1.29, 1.82) is 0 Å². The third kappa shape index (κ3) is 6.83. The second-order valence-corrected chi connectivity index (χ2v) is 10.1. The first-order valence-electron chi connectivity index (χ1n) is 12.9. The fourth-order valence-electron chi connectivity index (χ4n) is 4.75. The predicted molar refractivity (Wildman–Crippen MR) is 132 cm³/mol. The Morgan fingerprint density at radius 1 is 1.03 bits per heavy atom. The number of nitrogens with one attached hydrogen (secondary N) is 3. The van der Waals surface area contributed by atoms with E-state index in [4.69, 9.17) is 5.11 Å². The largest absolute Gasteiger partial charge is 0.416 e. The second kappa shape index (κ2) is 12.1. The first-order chi connectivity index (χ1) is 17.9. The summed E-state index contributed by atoms with van der Waals surface area (Å²) in [5.41, 5.74) is -1.85. The lowest BCUT2D eigenvalue weighted by Crippen LogP contribution is -2.65. The van der Waals surface area contributed by atoms with Crippen LogP contribution in [0, 0.1) is 0 Å². The highest BCUT2D eigenvalue weighted by molar-refractivity contribution is 5.99. The molecule has 1 aromatic rings. The number of hydrogen-bond acceptors (Lipinski definition) is 5. The number of alkyl halides is 3. The molecule has 2 saturated heterocycles. The summed E-state index contributed by atoms with van der Waals surface area (Å²) in [5.74, 6) is -2.17. The van der Waals surface area contributed by atoms with Crippen molar-refractivity contribution in [2.24, 2.45) is 0 Å². The number of halogens is 3. The van der Waals surface area contributed by atoms with Crippen molar-refractivity contribution >= 4 is 23.6 Å². The second-order valence-electron chi connectivity index (χ2n) is 10.1. The molecule has 4 N–H and O–H groups in total. The molecule has 0 radical (unpaired) electrons. The number of carbonyl (C=O) groups is 4. The molecule has 4 amide bonds. The summed E-state index contributed by atoms with van der Waals surface area (Å²) >= 11 is 0. The maximum atomic E-state index is 13.7. The van der Waals surface area contributed by atoms with Gasteiger partial charge >= 0.3 is 6.18 Å². The Balaban J connectivity index is 1.94. The van der Waals surface area contributed by atoms with Gasteiger partial charge in [-0.15, -0.1) is 0 Å². The molecule has 2 heterocycles. The summed E-state index contributed by atoms with van der Waals surface area (Å²) in [4.78, 5) is 54.8. The topological polar surface area (TPSA) is 128 Å². The third-order valence-corrected chi connectivity index (χ3v) is 7.30. The summed E-state index contributed by atoms with van der Waals surface area (Å²) in [6, 6.07) is 1.38. The van der Waals surface area contributed by atoms with Crippen molar-refractivity contribution < 1.29 is 37.5 Å². The van der Waals surface area contributed by atoms with Crippen molar-refractivity contribution in [3.05, 3.63) is 35.4 Å². The van der Waals surface area contributed by atoms with E-state index in [0.29, 0.717) is 31.2 Å². The molecule has 1 aromatic carbocycles. The van der Waals surface area contributed by atoms with Crippen LogP contribution < -0.4 is 16.0 Å². The van der Waals surface area contributed by atoms with Gasteiger partial charge in [-0.1, -0.05) is 19.1 Å². The minimum atomic E-state index is -4.51. The van der Waals surface area contributed by atoms with E-state index in [-0.39, 0.29) is 32.4 Å². The third-order valence-electron chi connectivity index (χ3n) is 7.30. The van der Waals surface area contributed by atoms with Gasteiger partial charge in [0, 0.05) is 19.6 Å². The van der Waals surface area contributed by atoms with Crippen LogP contribution in [-0.4, -0.2) is 70.5 Å². The maximum absolute atomic E-state index is 13.7. The van der Waals surface area contributed by atoms with E-state index in [1.165, 1.54) is 24.0 Å². The molecule has 9 nitrogen and oxygen atoms in total. The van der Waals surface area contributed by atoms with Crippen molar-refractivity contribution in [3.8, 4) is 0 Å². The van der Waals surface area contributed by atoms with Gasteiger partial charge < -0.3 is 26.0 Å². The molecule has 0 spiro atoms. The maximum Gasteiger partial charge on any atom is 0.416 e. The lowest BCUT2D eigenvalue weighted by molar-refractivity contribution is -0.144.